The quantitative estimate of drug-likeness (QED) is 0.430. The van der Waals surface area contributed by atoms with Gasteiger partial charge in [0.15, 0.2) is 16.6 Å². The molecule has 27 heavy (non-hydrogen) atoms. The zero-order valence-electron chi connectivity index (χ0n) is 16.1. The normalized spacial score (nSPS) is 19.5. The summed E-state index contributed by atoms with van der Waals surface area (Å²) in [5, 5.41) is 3.61. The Balaban J connectivity index is 1.75. The summed E-state index contributed by atoms with van der Waals surface area (Å²) in [6.45, 7) is 2.79. The summed E-state index contributed by atoms with van der Waals surface area (Å²) >= 11 is 5.43. The van der Waals surface area contributed by atoms with Crippen LogP contribution in [0.25, 0.3) is 6.08 Å². The summed E-state index contributed by atoms with van der Waals surface area (Å²) in [6, 6.07) is 5.92. The van der Waals surface area contributed by atoms with E-state index >= 15 is 0 Å². The summed E-state index contributed by atoms with van der Waals surface area (Å²) < 4.78 is 11.2. The molecule has 1 aliphatic carbocycles. The van der Waals surface area contributed by atoms with Gasteiger partial charge in [0, 0.05) is 6.04 Å². The van der Waals surface area contributed by atoms with E-state index in [0.717, 1.165) is 49.8 Å². The number of nitrogens with zero attached hydrogens (tertiary/aromatic N) is 1. The van der Waals surface area contributed by atoms with Crippen LogP contribution in [0, 0.1) is 0 Å². The molecule has 1 saturated carbocycles. The number of unbranched alkanes of at least 4 members (excludes halogenated alkanes) is 1. The van der Waals surface area contributed by atoms with E-state index in [-0.39, 0.29) is 11.9 Å². The molecule has 5 nitrogen and oxygen atoms in total. The molecule has 1 N–H and O–H groups in total. The van der Waals surface area contributed by atoms with Crippen LogP contribution >= 0.6 is 12.2 Å². The van der Waals surface area contributed by atoms with E-state index in [1.807, 2.05) is 24.3 Å². The Hall–Kier alpha value is -2.08. The lowest BCUT2D eigenvalue weighted by Gasteiger charge is -2.29. The van der Waals surface area contributed by atoms with Crippen LogP contribution in [0.2, 0.25) is 0 Å². The van der Waals surface area contributed by atoms with Gasteiger partial charge in [-0.3, -0.25) is 9.69 Å². The molecule has 0 bridgehead atoms. The van der Waals surface area contributed by atoms with Crippen LogP contribution < -0.4 is 14.8 Å². The van der Waals surface area contributed by atoms with Crippen molar-refractivity contribution in [3.05, 3.63) is 29.5 Å². The summed E-state index contributed by atoms with van der Waals surface area (Å²) in [7, 11) is 1.62. The third kappa shape index (κ3) is 4.61. The average molecular weight is 389 g/mol. The number of hydrogen-bond acceptors (Lipinski definition) is 4. The van der Waals surface area contributed by atoms with Crippen molar-refractivity contribution < 1.29 is 14.3 Å². The number of rotatable bonds is 7. The van der Waals surface area contributed by atoms with Crippen LogP contribution in [-0.2, 0) is 4.79 Å². The predicted molar refractivity (Wildman–Crippen MR) is 111 cm³/mol. The van der Waals surface area contributed by atoms with E-state index < -0.39 is 0 Å². The molecule has 0 spiro atoms. The van der Waals surface area contributed by atoms with Crippen molar-refractivity contribution in [3.8, 4) is 11.5 Å². The summed E-state index contributed by atoms with van der Waals surface area (Å²) in [4.78, 5) is 14.6. The second kappa shape index (κ2) is 9.22. The maximum Gasteiger partial charge on any atom is 0.276 e. The summed E-state index contributed by atoms with van der Waals surface area (Å²) in [5.41, 5.74) is 1.39. The van der Waals surface area contributed by atoms with Crippen LogP contribution in [0.15, 0.2) is 23.9 Å². The van der Waals surface area contributed by atoms with Crippen molar-refractivity contribution in [1.82, 2.24) is 10.2 Å². The Morgan fingerprint density at radius 2 is 2.04 bits per heavy atom. The average Bonchev–Trinajstić information content (AvgIpc) is 2.96. The van der Waals surface area contributed by atoms with Crippen molar-refractivity contribution in [1.29, 1.82) is 0 Å². The fraction of sp³-hybridized carbons (Fsp3) is 0.524. The molecule has 1 aliphatic heterocycles. The van der Waals surface area contributed by atoms with Gasteiger partial charge in [-0.2, -0.15) is 0 Å². The largest absolute Gasteiger partial charge is 0.493 e. The smallest absolute Gasteiger partial charge is 0.276 e. The minimum absolute atomic E-state index is 0.0332. The standard InChI is InChI=1S/C21H28N2O3S/c1-3-4-12-26-18-11-10-15(14-19(18)25-2)13-17-20(24)23(21(27)22-17)16-8-6-5-7-9-16/h10-11,13-14,16H,3-9,12H2,1-2H3,(H,22,27)/b17-13-. The number of benzene rings is 1. The van der Waals surface area contributed by atoms with E-state index in [4.69, 9.17) is 21.7 Å². The van der Waals surface area contributed by atoms with Gasteiger partial charge in [-0.1, -0.05) is 38.7 Å². The van der Waals surface area contributed by atoms with Gasteiger partial charge in [0.05, 0.1) is 13.7 Å². The molecule has 1 saturated heterocycles. The highest BCUT2D eigenvalue weighted by Crippen LogP contribution is 2.30. The van der Waals surface area contributed by atoms with E-state index in [2.05, 4.69) is 12.2 Å². The molecule has 1 aromatic rings. The zero-order chi connectivity index (χ0) is 19.2. The van der Waals surface area contributed by atoms with Crippen molar-refractivity contribution in [2.75, 3.05) is 13.7 Å². The molecule has 0 atom stereocenters. The Morgan fingerprint density at radius 3 is 2.74 bits per heavy atom. The first-order chi connectivity index (χ1) is 13.1. The SMILES string of the molecule is CCCCOc1ccc(/C=C2\NC(=S)N(C3CCCCC3)C2=O)cc1OC. The molecule has 1 heterocycles. The maximum atomic E-state index is 12.9. The lowest BCUT2D eigenvalue weighted by atomic mass is 9.94. The van der Waals surface area contributed by atoms with Crippen LogP contribution in [-0.4, -0.2) is 35.7 Å². The van der Waals surface area contributed by atoms with Gasteiger partial charge < -0.3 is 14.8 Å². The van der Waals surface area contributed by atoms with Gasteiger partial charge in [-0.15, -0.1) is 0 Å². The molecular formula is C21H28N2O3S. The first-order valence-corrected chi connectivity index (χ1v) is 10.2. The minimum atomic E-state index is -0.0332. The van der Waals surface area contributed by atoms with E-state index in [1.165, 1.54) is 6.42 Å². The van der Waals surface area contributed by atoms with E-state index in [9.17, 15) is 4.79 Å². The Morgan fingerprint density at radius 1 is 1.26 bits per heavy atom. The molecule has 1 amide bonds. The molecule has 146 valence electrons. The maximum absolute atomic E-state index is 12.9. The first-order valence-electron chi connectivity index (χ1n) is 9.81. The van der Waals surface area contributed by atoms with Gasteiger partial charge in [-0.25, -0.2) is 0 Å². The van der Waals surface area contributed by atoms with Gasteiger partial charge in [0.2, 0.25) is 0 Å². The van der Waals surface area contributed by atoms with E-state index in [0.29, 0.717) is 23.2 Å². The number of nitrogens with one attached hydrogen (secondary N) is 1. The van der Waals surface area contributed by atoms with Crippen LogP contribution in [0.3, 0.4) is 0 Å². The molecule has 3 rings (SSSR count). The van der Waals surface area contributed by atoms with Gasteiger partial charge in [0.25, 0.3) is 5.91 Å². The van der Waals surface area contributed by atoms with Crippen LogP contribution in [0.1, 0.15) is 57.4 Å². The number of methoxy groups -OCH3 is 1. The predicted octanol–water partition coefficient (Wildman–Crippen LogP) is 4.26. The second-order valence-corrected chi connectivity index (χ2v) is 7.45. The zero-order valence-corrected chi connectivity index (χ0v) is 16.9. The van der Waals surface area contributed by atoms with Gasteiger partial charge >= 0.3 is 0 Å². The lowest BCUT2D eigenvalue weighted by molar-refractivity contribution is -0.124. The highest BCUT2D eigenvalue weighted by atomic mass is 32.1. The van der Waals surface area contributed by atoms with Gasteiger partial charge in [-0.05, 0) is 55.3 Å². The topological polar surface area (TPSA) is 50.8 Å². The van der Waals surface area contributed by atoms with Gasteiger partial charge in [0.1, 0.15) is 5.70 Å². The Bertz CT molecular complexity index is 726. The lowest BCUT2D eigenvalue weighted by Crippen LogP contribution is -2.41. The number of carbonyl (C=O) groups excluding carboxylic acids is 1. The number of thiocarbonyl (C=S) groups is 1. The molecule has 6 heteroatoms. The first kappa shape index (κ1) is 19.7. The molecule has 0 aromatic heterocycles. The Kier molecular flexibility index (Phi) is 6.72. The third-order valence-corrected chi connectivity index (χ3v) is 5.40. The highest BCUT2D eigenvalue weighted by Gasteiger charge is 2.36. The number of ether oxygens (including phenoxy) is 2. The molecular weight excluding hydrogens is 360 g/mol. The summed E-state index contributed by atoms with van der Waals surface area (Å²) in [5.74, 6) is 1.35. The van der Waals surface area contributed by atoms with Crippen molar-refractivity contribution >= 4 is 29.3 Å². The number of amides is 1. The fourth-order valence-electron chi connectivity index (χ4n) is 3.61. The second-order valence-electron chi connectivity index (χ2n) is 7.07. The van der Waals surface area contributed by atoms with Crippen molar-refractivity contribution in [3.63, 3.8) is 0 Å². The highest BCUT2D eigenvalue weighted by molar-refractivity contribution is 7.80. The summed E-state index contributed by atoms with van der Waals surface area (Å²) in [6.07, 6.45) is 9.53. The molecule has 2 aliphatic rings. The third-order valence-electron chi connectivity index (χ3n) is 5.10. The molecule has 2 fully saturated rings. The number of carbonyl (C=O) groups is 1. The number of hydrogen-bond donors (Lipinski definition) is 1. The molecule has 0 radical (unpaired) electrons. The van der Waals surface area contributed by atoms with Crippen LogP contribution in [0.4, 0.5) is 0 Å². The molecule has 1 aromatic carbocycles. The minimum Gasteiger partial charge on any atom is -0.493 e. The van der Waals surface area contributed by atoms with Crippen molar-refractivity contribution in [2.45, 2.75) is 57.9 Å². The van der Waals surface area contributed by atoms with Crippen LogP contribution in [0.5, 0.6) is 11.5 Å². The monoisotopic (exact) mass is 388 g/mol. The molecule has 0 unspecified atom stereocenters. The van der Waals surface area contributed by atoms with Crippen molar-refractivity contribution in [2.24, 2.45) is 0 Å². The Labute approximate surface area is 166 Å². The van der Waals surface area contributed by atoms with E-state index in [1.54, 1.807) is 12.0 Å². The fourth-order valence-corrected chi connectivity index (χ4v) is 3.95.